The van der Waals surface area contributed by atoms with Gasteiger partial charge in [0.05, 0.1) is 12.0 Å². The maximum atomic E-state index is 13.7. The number of hydrogen-bond donors (Lipinski definition) is 1. The van der Waals surface area contributed by atoms with Gasteiger partial charge in [0.15, 0.2) is 0 Å². The standard InChI is InChI=1S/C13H15BrFNO3/c1-3-16(8(2)6-12(17)18)13(19)10-5-4-9(14)7-11(10)15/h4-5,7-8H,3,6H2,1-2H3,(H,17,18). The highest BCUT2D eigenvalue weighted by atomic mass is 79.9. The topological polar surface area (TPSA) is 57.6 Å². The second-order valence-electron chi connectivity index (χ2n) is 4.16. The van der Waals surface area contributed by atoms with E-state index in [9.17, 15) is 14.0 Å². The van der Waals surface area contributed by atoms with Crippen molar-refractivity contribution < 1.29 is 19.1 Å². The number of rotatable bonds is 5. The van der Waals surface area contributed by atoms with Crippen LogP contribution in [0.2, 0.25) is 0 Å². The van der Waals surface area contributed by atoms with Gasteiger partial charge in [-0.25, -0.2) is 4.39 Å². The van der Waals surface area contributed by atoms with Crippen LogP contribution in [0.5, 0.6) is 0 Å². The molecule has 0 aliphatic heterocycles. The number of carbonyl (C=O) groups is 2. The Labute approximate surface area is 119 Å². The highest BCUT2D eigenvalue weighted by molar-refractivity contribution is 9.10. The summed E-state index contributed by atoms with van der Waals surface area (Å²) >= 11 is 3.12. The maximum absolute atomic E-state index is 13.7. The molecule has 1 aromatic rings. The molecule has 0 spiro atoms. The van der Waals surface area contributed by atoms with E-state index in [1.165, 1.54) is 17.0 Å². The molecule has 1 rings (SSSR count). The van der Waals surface area contributed by atoms with Crippen LogP contribution < -0.4 is 0 Å². The van der Waals surface area contributed by atoms with E-state index in [4.69, 9.17) is 5.11 Å². The zero-order chi connectivity index (χ0) is 14.6. The van der Waals surface area contributed by atoms with Crippen LogP contribution in [0.3, 0.4) is 0 Å². The van der Waals surface area contributed by atoms with Crippen molar-refractivity contribution in [3.63, 3.8) is 0 Å². The van der Waals surface area contributed by atoms with E-state index in [1.54, 1.807) is 19.9 Å². The smallest absolute Gasteiger partial charge is 0.305 e. The van der Waals surface area contributed by atoms with Crippen LogP contribution in [-0.2, 0) is 4.79 Å². The molecule has 1 aromatic carbocycles. The van der Waals surface area contributed by atoms with Crippen molar-refractivity contribution in [2.75, 3.05) is 6.54 Å². The molecule has 0 aliphatic carbocycles. The van der Waals surface area contributed by atoms with Gasteiger partial charge in [-0.15, -0.1) is 0 Å². The summed E-state index contributed by atoms with van der Waals surface area (Å²) in [5.74, 6) is -2.11. The fourth-order valence-corrected chi connectivity index (χ4v) is 2.17. The highest BCUT2D eigenvalue weighted by Crippen LogP contribution is 2.18. The lowest BCUT2D eigenvalue weighted by Crippen LogP contribution is -2.40. The summed E-state index contributed by atoms with van der Waals surface area (Å²) in [6.45, 7) is 3.68. The summed E-state index contributed by atoms with van der Waals surface area (Å²) in [4.78, 5) is 24.2. The third kappa shape index (κ3) is 4.02. The minimum atomic E-state index is -0.991. The Kier molecular flexibility index (Phi) is 5.47. The van der Waals surface area contributed by atoms with E-state index < -0.39 is 23.7 Å². The first-order chi connectivity index (χ1) is 8.86. The lowest BCUT2D eigenvalue weighted by atomic mass is 10.1. The number of carboxylic acids is 1. The summed E-state index contributed by atoms with van der Waals surface area (Å²) in [6, 6.07) is 3.69. The third-order valence-electron chi connectivity index (χ3n) is 2.77. The molecule has 0 radical (unpaired) electrons. The van der Waals surface area contributed by atoms with Gasteiger partial charge >= 0.3 is 5.97 Å². The molecule has 19 heavy (non-hydrogen) atoms. The SMILES string of the molecule is CCN(C(=O)c1ccc(Br)cc1F)C(C)CC(=O)O. The summed E-state index contributed by atoms with van der Waals surface area (Å²) in [5.41, 5.74) is -0.0534. The molecule has 0 fully saturated rings. The molecule has 0 aliphatic rings. The van der Waals surface area contributed by atoms with Crippen LogP contribution in [0.15, 0.2) is 22.7 Å². The molecule has 1 unspecified atom stereocenters. The molecule has 1 amide bonds. The minimum Gasteiger partial charge on any atom is -0.481 e. The van der Waals surface area contributed by atoms with Gasteiger partial charge in [-0.05, 0) is 32.0 Å². The van der Waals surface area contributed by atoms with Gasteiger partial charge in [0.2, 0.25) is 0 Å². The first-order valence-corrected chi connectivity index (χ1v) is 6.64. The summed E-state index contributed by atoms with van der Waals surface area (Å²) < 4.78 is 14.3. The Balaban J connectivity index is 2.98. The molecule has 0 saturated heterocycles. The fraction of sp³-hybridized carbons (Fsp3) is 0.385. The molecular formula is C13H15BrFNO3. The number of aliphatic carboxylic acids is 1. The van der Waals surface area contributed by atoms with Crippen LogP contribution in [0, 0.1) is 5.82 Å². The molecule has 0 bridgehead atoms. The van der Waals surface area contributed by atoms with Crippen LogP contribution in [-0.4, -0.2) is 34.5 Å². The van der Waals surface area contributed by atoms with Crippen LogP contribution in [0.1, 0.15) is 30.6 Å². The van der Waals surface area contributed by atoms with Crippen molar-refractivity contribution >= 4 is 27.8 Å². The minimum absolute atomic E-state index is 0.0534. The Morgan fingerprint density at radius 1 is 1.47 bits per heavy atom. The van der Waals surface area contributed by atoms with Crippen molar-refractivity contribution in [1.29, 1.82) is 0 Å². The van der Waals surface area contributed by atoms with E-state index in [0.29, 0.717) is 11.0 Å². The van der Waals surface area contributed by atoms with Crippen LogP contribution in [0.4, 0.5) is 4.39 Å². The Bertz CT molecular complexity index is 493. The number of nitrogens with zero attached hydrogens (tertiary/aromatic N) is 1. The van der Waals surface area contributed by atoms with Crippen molar-refractivity contribution in [3.8, 4) is 0 Å². The van der Waals surface area contributed by atoms with Crippen molar-refractivity contribution in [3.05, 3.63) is 34.1 Å². The maximum Gasteiger partial charge on any atom is 0.305 e. The van der Waals surface area contributed by atoms with Gasteiger partial charge in [-0.3, -0.25) is 9.59 Å². The van der Waals surface area contributed by atoms with Crippen molar-refractivity contribution in [2.45, 2.75) is 26.3 Å². The van der Waals surface area contributed by atoms with Gasteiger partial charge in [-0.2, -0.15) is 0 Å². The predicted octanol–water partition coefficient (Wildman–Crippen LogP) is 2.91. The average molecular weight is 332 g/mol. The second kappa shape index (κ2) is 6.65. The number of carbonyl (C=O) groups excluding carboxylic acids is 1. The predicted molar refractivity (Wildman–Crippen MR) is 72.5 cm³/mol. The van der Waals surface area contributed by atoms with E-state index in [-0.39, 0.29) is 12.0 Å². The first kappa shape index (κ1) is 15.6. The zero-order valence-corrected chi connectivity index (χ0v) is 12.3. The summed E-state index contributed by atoms with van der Waals surface area (Å²) in [7, 11) is 0. The molecule has 0 saturated carbocycles. The normalized spacial score (nSPS) is 12.0. The molecular weight excluding hydrogens is 317 g/mol. The second-order valence-corrected chi connectivity index (χ2v) is 5.08. The lowest BCUT2D eigenvalue weighted by Gasteiger charge is -2.27. The Morgan fingerprint density at radius 2 is 2.11 bits per heavy atom. The largest absolute Gasteiger partial charge is 0.481 e. The monoisotopic (exact) mass is 331 g/mol. The number of hydrogen-bond acceptors (Lipinski definition) is 2. The Hall–Kier alpha value is -1.43. The van der Waals surface area contributed by atoms with Gasteiger partial charge in [0.25, 0.3) is 5.91 Å². The molecule has 6 heteroatoms. The van der Waals surface area contributed by atoms with E-state index in [1.807, 2.05) is 0 Å². The van der Waals surface area contributed by atoms with Gasteiger partial charge < -0.3 is 10.0 Å². The summed E-state index contributed by atoms with van der Waals surface area (Å²) in [6.07, 6.45) is -0.169. The van der Waals surface area contributed by atoms with E-state index >= 15 is 0 Å². The van der Waals surface area contributed by atoms with Crippen molar-refractivity contribution in [2.24, 2.45) is 0 Å². The average Bonchev–Trinajstić information content (AvgIpc) is 2.28. The van der Waals surface area contributed by atoms with Crippen LogP contribution >= 0.6 is 15.9 Å². The zero-order valence-electron chi connectivity index (χ0n) is 10.7. The van der Waals surface area contributed by atoms with E-state index in [0.717, 1.165) is 0 Å². The quantitative estimate of drug-likeness (QED) is 0.902. The lowest BCUT2D eigenvalue weighted by molar-refractivity contribution is -0.138. The molecule has 0 heterocycles. The molecule has 1 atom stereocenters. The van der Waals surface area contributed by atoms with Gasteiger partial charge in [-0.1, -0.05) is 15.9 Å². The molecule has 4 nitrogen and oxygen atoms in total. The molecule has 1 N–H and O–H groups in total. The van der Waals surface area contributed by atoms with Crippen molar-refractivity contribution in [1.82, 2.24) is 4.90 Å². The molecule has 0 aromatic heterocycles. The number of amides is 1. The number of halogens is 2. The molecule has 104 valence electrons. The number of carboxylic acid groups (broad SMARTS) is 1. The summed E-state index contributed by atoms with van der Waals surface area (Å²) in [5, 5.41) is 8.75. The fourth-order valence-electron chi connectivity index (χ4n) is 1.84. The van der Waals surface area contributed by atoms with Gasteiger partial charge in [0, 0.05) is 17.1 Å². The Morgan fingerprint density at radius 3 is 2.58 bits per heavy atom. The number of benzene rings is 1. The van der Waals surface area contributed by atoms with E-state index in [2.05, 4.69) is 15.9 Å². The third-order valence-corrected chi connectivity index (χ3v) is 3.26. The first-order valence-electron chi connectivity index (χ1n) is 5.84. The van der Waals surface area contributed by atoms with Gasteiger partial charge in [0.1, 0.15) is 5.82 Å². The van der Waals surface area contributed by atoms with Crippen LogP contribution in [0.25, 0.3) is 0 Å². The highest BCUT2D eigenvalue weighted by Gasteiger charge is 2.24.